The summed E-state index contributed by atoms with van der Waals surface area (Å²) in [5, 5.41) is 3.03. The van der Waals surface area contributed by atoms with Crippen molar-refractivity contribution in [2.75, 3.05) is 13.7 Å². The standard InChI is InChI=1S/C15H24N2O2/c1-15(2,3)13(11-8-6-5-7-9-11)17-14(18)12(10-16)19-4/h5-9,12-13H,10,16H2,1-4H3,(H,17,18). The first-order valence-electron chi connectivity index (χ1n) is 6.48. The third kappa shape index (κ3) is 4.33. The Morgan fingerprint density at radius 2 is 1.89 bits per heavy atom. The van der Waals surface area contributed by atoms with Crippen LogP contribution in [-0.4, -0.2) is 25.7 Å². The third-order valence-corrected chi connectivity index (χ3v) is 3.08. The van der Waals surface area contributed by atoms with Crippen molar-refractivity contribution in [3.8, 4) is 0 Å². The number of hydrogen-bond donors (Lipinski definition) is 2. The fourth-order valence-electron chi connectivity index (χ4n) is 1.99. The van der Waals surface area contributed by atoms with Crippen molar-refractivity contribution in [2.24, 2.45) is 11.1 Å². The highest BCUT2D eigenvalue weighted by atomic mass is 16.5. The van der Waals surface area contributed by atoms with Crippen LogP contribution in [0.2, 0.25) is 0 Å². The number of amides is 1. The molecule has 1 amide bonds. The van der Waals surface area contributed by atoms with Crippen molar-refractivity contribution in [1.82, 2.24) is 5.32 Å². The van der Waals surface area contributed by atoms with Crippen LogP contribution in [0.25, 0.3) is 0 Å². The van der Waals surface area contributed by atoms with Gasteiger partial charge in [0.15, 0.2) is 0 Å². The first-order valence-corrected chi connectivity index (χ1v) is 6.48. The molecule has 19 heavy (non-hydrogen) atoms. The smallest absolute Gasteiger partial charge is 0.250 e. The summed E-state index contributed by atoms with van der Waals surface area (Å²) in [6, 6.07) is 9.85. The van der Waals surface area contributed by atoms with Crippen LogP contribution in [0, 0.1) is 5.41 Å². The normalized spacial score (nSPS) is 14.8. The molecule has 0 aliphatic rings. The highest BCUT2D eigenvalue weighted by Crippen LogP contribution is 2.32. The second-order valence-corrected chi connectivity index (χ2v) is 5.68. The predicted octanol–water partition coefficient (Wildman–Crippen LogP) is 1.86. The molecule has 0 saturated carbocycles. The summed E-state index contributed by atoms with van der Waals surface area (Å²) >= 11 is 0. The Balaban J connectivity index is 2.92. The van der Waals surface area contributed by atoms with Gasteiger partial charge in [0, 0.05) is 13.7 Å². The van der Waals surface area contributed by atoms with Crippen molar-refractivity contribution in [3.05, 3.63) is 35.9 Å². The van der Waals surface area contributed by atoms with Gasteiger partial charge >= 0.3 is 0 Å². The van der Waals surface area contributed by atoms with Crippen molar-refractivity contribution in [1.29, 1.82) is 0 Å². The summed E-state index contributed by atoms with van der Waals surface area (Å²) in [6.45, 7) is 6.45. The fraction of sp³-hybridized carbons (Fsp3) is 0.533. The van der Waals surface area contributed by atoms with E-state index >= 15 is 0 Å². The summed E-state index contributed by atoms with van der Waals surface area (Å²) in [5.41, 5.74) is 6.51. The van der Waals surface area contributed by atoms with Crippen LogP contribution in [0.15, 0.2) is 30.3 Å². The van der Waals surface area contributed by atoms with Gasteiger partial charge in [-0.2, -0.15) is 0 Å². The second-order valence-electron chi connectivity index (χ2n) is 5.68. The molecule has 3 N–H and O–H groups in total. The van der Waals surface area contributed by atoms with E-state index in [-0.39, 0.29) is 23.9 Å². The monoisotopic (exact) mass is 264 g/mol. The Morgan fingerprint density at radius 3 is 2.32 bits per heavy atom. The van der Waals surface area contributed by atoms with Gasteiger partial charge in [0.2, 0.25) is 0 Å². The summed E-state index contributed by atoms with van der Waals surface area (Å²) in [7, 11) is 1.49. The summed E-state index contributed by atoms with van der Waals surface area (Å²) in [5.74, 6) is -0.172. The van der Waals surface area contributed by atoms with E-state index in [2.05, 4.69) is 26.1 Å². The predicted molar refractivity (Wildman–Crippen MR) is 76.6 cm³/mol. The molecule has 0 spiro atoms. The maximum absolute atomic E-state index is 12.1. The molecule has 0 aliphatic carbocycles. The van der Waals surface area contributed by atoms with Gasteiger partial charge in [-0.05, 0) is 11.0 Å². The molecule has 0 aromatic heterocycles. The van der Waals surface area contributed by atoms with Gasteiger partial charge in [-0.3, -0.25) is 4.79 Å². The van der Waals surface area contributed by atoms with Gasteiger partial charge in [-0.1, -0.05) is 51.1 Å². The van der Waals surface area contributed by atoms with E-state index in [0.717, 1.165) is 5.56 Å². The zero-order chi connectivity index (χ0) is 14.5. The second kappa shape index (κ2) is 6.68. The zero-order valence-corrected chi connectivity index (χ0v) is 12.1. The molecule has 1 aromatic carbocycles. The van der Waals surface area contributed by atoms with E-state index in [4.69, 9.17) is 10.5 Å². The average molecular weight is 264 g/mol. The van der Waals surface area contributed by atoms with E-state index < -0.39 is 6.10 Å². The van der Waals surface area contributed by atoms with Crippen molar-refractivity contribution in [2.45, 2.75) is 32.9 Å². The molecule has 4 heteroatoms. The Bertz CT molecular complexity index is 394. The fourth-order valence-corrected chi connectivity index (χ4v) is 1.99. The molecular weight excluding hydrogens is 240 g/mol. The molecule has 106 valence electrons. The first kappa shape index (κ1) is 15.7. The molecule has 0 aliphatic heterocycles. The average Bonchev–Trinajstić information content (AvgIpc) is 2.37. The van der Waals surface area contributed by atoms with Crippen LogP contribution in [-0.2, 0) is 9.53 Å². The Morgan fingerprint density at radius 1 is 1.32 bits per heavy atom. The number of methoxy groups -OCH3 is 1. The highest BCUT2D eigenvalue weighted by Gasteiger charge is 2.29. The number of rotatable bonds is 5. The van der Waals surface area contributed by atoms with Gasteiger partial charge in [0.05, 0.1) is 6.04 Å². The highest BCUT2D eigenvalue weighted by molar-refractivity contribution is 5.81. The molecule has 1 aromatic rings. The zero-order valence-electron chi connectivity index (χ0n) is 12.1. The molecule has 0 fully saturated rings. The van der Waals surface area contributed by atoms with Crippen LogP contribution in [0.1, 0.15) is 32.4 Å². The lowest BCUT2D eigenvalue weighted by molar-refractivity contribution is -0.132. The molecular formula is C15H24N2O2. The van der Waals surface area contributed by atoms with Gasteiger partial charge in [0.25, 0.3) is 5.91 Å². The van der Waals surface area contributed by atoms with Gasteiger partial charge in [0.1, 0.15) is 6.10 Å². The lowest BCUT2D eigenvalue weighted by atomic mass is 9.82. The van der Waals surface area contributed by atoms with Crippen molar-refractivity contribution in [3.63, 3.8) is 0 Å². The minimum absolute atomic E-state index is 0.0783. The van der Waals surface area contributed by atoms with E-state index in [1.54, 1.807) is 0 Å². The van der Waals surface area contributed by atoms with E-state index in [1.807, 2.05) is 30.3 Å². The number of hydrogen-bond acceptors (Lipinski definition) is 3. The quantitative estimate of drug-likeness (QED) is 0.853. The number of carbonyl (C=O) groups is 1. The summed E-state index contributed by atoms with van der Waals surface area (Å²) in [4.78, 5) is 12.1. The van der Waals surface area contributed by atoms with E-state index in [0.29, 0.717) is 0 Å². The molecule has 4 nitrogen and oxygen atoms in total. The Hall–Kier alpha value is -1.39. The van der Waals surface area contributed by atoms with Crippen molar-refractivity contribution >= 4 is 5.91 Å². The maximum atomic E-state index is 12.1. The maximum Gasteiger partial charge on any atom is 0.250 e. The molecule has 0 saturated heterocycles. The van der Waals surface area contributed by atoms with Crippen LogP contribution in [0.5, 0.6) is 0 Å². The third-order valence-electron chi connectivity index (χ3n) is 3.08. The molecule has 2 atom stereocenters. The minimum Gasteiger partial charge on any atom is -0.370 e. The number of nitrogens with one attached hydrogen (secondary N) is 1. The van der Waals surface area contributed by atoms with Crippen LogP contribution < -0.4 is 11.1 Å². The Kier molecular flexibility index (Phi) is 5.51. The number of benzene rings is 1. The van der Waals surface area contributed by atoms with E-state index in [9.17, 15) is 4.79 Å². The molecule has 2 unspecified atom stereocenters. The molecule has 0 bridgehead atoms. The largest absolute Gasteiger partial charge is 0.370 e. The van der Waals surface area contributed by atoms with Crippen LogP contribution >= 0.6 is 0 Å². The molecule has 0 heterocycles. The topological polar surface area (TPSA) is 64.3 Å². The number of nitrogens with two attached hydrogens (primary N) is 1. The lowest BCUT2D eigenvalue weighted by Crippen LogP contribution is -2.45. The molecule has 1 rings (SSSR count). The van der Waals surface area contributed by atoms with Gasteiger partial charge < -0.3 is 15.8 Å². The number of ether oxygens (including phenoxy) is 1. The first-order chi connectivity index (χ1) is 8.90. The number of carbonyl (C=O) groups excluding carboxylic acids is 1. The SMILES string of the molecule is COC(CN)C(=O)NC(c1ccccc1)C(C)(C)C. The summed E-state index contributed by atoms with van der Waals surface area (Å²) < 4.78 is 5.07. The summed E-state index contributed by atoms with van der Waals surface area (Å²) in [6.07, 6.45) is -0.603. The van der Waals surface area contributed by atoms with Gasteiger partial charge in [-0.15, -0.1) is 0 Å². The van der Waals surface area contributed by atoms with Crippen molar-refractivity contribution < 1.29 is 9.53 Å². The Labute approximate surface area is 115 Å². The van der Waals surface area contributed by atoms with E-state index in [1.165, 1.54) is 7.11 Å². The van der Waals surface area contributed by atoms with Crippen LogP contribution in [0.4, 0.5) is 0 Å². The molecule has 0 radical (unpaired) electrons. The van der Waals surface area contributed by atoms with Gasteiger partial charge in [-0.25, -0.2) is 0 Å². The lowest BCUT2D eigenvalue weighted by Gasteiger charge is -2.33. The minimum atomic E-state index is -0.603. The van der Waals surface area contributed by atoms with Crippen LogP contribution in [0.3, 0.4) is 0 Å².